The van der Waals surface area contributed by atoms with Gasteiger partial charge in [-0.25, -0.2) is 9.97 Å². The standard InChI is InChI=1S/C22H24N4O2/c1-14-5-6-15(2)19(11-14)26-22(27)20-12-21(25-16(3)24-20)23-13-17-7-9-18(28-4)10-8-17/h5-12H,13H2,1-4H3,(H,26,27)(H,23,24,25). The molecule has 0 aliphatic heterocycles. The van der Waals surface area contributed by atoms with Crippen LogP contribution in [0.15, 0.2) is 48.5 Å². The van der Waals surface area contributed by atoms with Crippen molar-refractivity contribution in [1.29, 1.82) is 0 Å². The van der Waals surface area contributed by atoms with Gasteiger partial charge in [-0.15, -0.1) is 0 Å². The van der Waals surface area contributed by atoms with E-state index in [1.165, 1.54) is 0 Å². The first-order chi connectivity index (χ1) is 13.4. The van der Waals surface area contributed by atoms with Gasteiger partial charge < -0.3 is 15.4 Å². The minimum atomic E-state index is -0.258. The maximum Gasteiger partial charge on any atom is 0.274 e. The Balaban J connectivity index is 1.72. The molecule has 0 unspecified atom stereocenters. The molecular weight excluding hydrogens is 352 g/mol. The van der Waals surface area contributed by atoms with Gasteiger partial charge in [0.15, 0.2) is 0 Å². The first-order valence-corrected chi connectivity index (χ1v) is 9.05. The lowest BCUT2D eigenvalue weighted by molar-refractivity contribution is 0.102. The van der Waals surface area contributed by atoms with Crippen molar-refractivity contribution >= 4 is 17.4 Å². The predicted octanol–water partition coefficient (Wildman–Crippen LogP) is 4.27. The molecule has 0 saturated heterocycles. The molecule has 3 rings (SSSR count). The molecule has 1 aromatic heterocycles. The summed E-state index contributed by atoms with van der Waals surface area (Å²) in [5.41, 5.74) is 4.28. The first-order valence-electron chi connectivity index (χ1n) is 9.05. The molecule has 0 fully saturated rings. The normalized spacial score (nSPS) is 10.4. The fraction of sp³-hybridized carbons (Fsp3) is 0.227. The third-order valence-corrected chi connectivity index (χ3v) is 4.34. The van der Waals surface area contributed by atoms with E-state index in [0.29, 0.717) is 23.9 Å². The Hall–Kier alpha value is -3.41. The third-order valence-electron chi connectivity index (χ3n) is 4.34. The Kier molecular flexibility index (Phi) is 5.89. The zero-order chi connectivity index (χ0) is 20.1. The van der Waals surface area contributed by atoms with Crippen molar-refractivity contribution in [1.82, 2.24) is 9.97 Å². The average molecular weight is 376 g/mol. The Morgan fingerprint density at radius 1 is 1.00 bits per heavy atom. The number of aryl methyl sites for hydroxylation is 3. The quantitative estimate of drug-likeness (QED) is 0.672. The van der Waals surface area contributed by atoms with Crippen LogP contribution in [0.4, 0.5) is 11.5 Å². The van der Waals surface area contributed by atoms with Crippen molar-refractivity contribution in [2.24, 2.45) is 0 Å². The predicted molar refractivity (Wildman–Crippen MR) is 111 cm³/mol. The molecule has 2 aromatic carbocycles. The highest BCUT2D eigenvalue weighted by molar-refractivity contribution is 6.03. The number of carbonyl (C=O) groups excluding carboxylic acids is 1. The van der Waals surface area contributed by atoms with Gasteiger partial charge in [0.1, 0.15) is 23.1 Å². The molecule has 0 bridgehead atoms. The van der Waals surface area contributed by atoms with Gasteiger partial charge in [0.05, 0.1) is 7.11 Å². The van der Waals surface area contributed by atoms with E-state index >= 15 is 0 Å². The van der Waals surface area contributed by atoms with E-state index in [2.05, 4.69) is 20.6 Å². The molecule has 0 atom stereocenters. The third kappa shape index (κ3) is 4.85. The second-order valence-corrected chi connectivity index (χ2v) is 6.66. The summed E-state index contributed by atoms with van der Waals surface area (Å²) in [5, 5.41) is 6.18. The average Bonchev–Trinajstić information content (AvgIpc) is 2.69. The van der Waals surface area contributed by atoms with Crippen molar-refractivity contribution in [2.75, 3.05) is 17.7 Å². The SMILES string of the molecule is COc1ccc(CNc2cc(C(=O)Nc3cc(C)ccc3C)nc(C)n2)cc1. The summed E-state index contributed by atoms with van der Waals surface area (Å²) >= 11 is 0. The van der Waals surface area contributed by atoms with Gasteiger partial charge in [0.2, 0.25) is 0 Å². The highest BCUT2D eigenvalue weighted by atomic mass is 16.5. The van der Waals surface area contributed by atoms with Gasteiger partial charge in [-0.1, -0.05) is 24.3 Å². The van der Waals surface area contributed by atoms with Crippen LogP contribution in [0.2, 0.25) is 0 Å². The van der Waals surface area contributed by atoms with Gasteiger partial charge in [0.25, 0.3) is 5.91 Å². The number of ether oxygens (including phenoxy) is 1. The molecule has 28 heavy (non-hydrogen) atoms. The topological polar surface area (TPSA) is 76.1 Å². The molecule has 0 radical (unpaired) electrons. The van der Waals surface area contributed by atoms with Gasteiger partial charge in [-0.2, -0.15) is 0 Å². The smallest absolute Gasteiger partial charge is 0.274 e. The molecule has 0 aliphatic carbocycles. The number of methoxy groups -OCH3 is 1. The van der Waals surface area contributed by atoms with Gasteiger partial charge in [0, 0.05) is 18.3 Å². The van der Waals surface area contributed by atoms with Crippen molar-refractivity contribution in [2.45, 2.75) is 27.3 Å². The Morgan fingerprint density at radius 3 is 2.46 bits per heavy atom. The fourth-order valence-corrected chi connectivity index (χ4v) is 2.77. The highest BCUT2D eigenvalue weighted by Crippen LogP contribution is 2.18. The molecule has 2 N–H and O–H groups in total. The van der Waals surface area contributed by atoms with Crippen molar-refractivity contribution < 1.29 is 9.53 Å². The largest absolute Gasteiger partial charge is 0.497 e. The second kappa shape index (κ2) is 8.52. The van der Waals surface area contributed by atoms with Gasteiger partial charge in [-0.05, 0) is 55.7 Å². The van der Waals surface area contributed by atoms with Crippen LogP contribution >= 0.6 is 0 Å². The molecular formula is C22H24N4O2. The Labute approximate surface area is 165 Å². The maximum atomic E-state index is 12.7. The van der Waals surface area contributed by atoms with Crippen molar-refractivity contribution in [3.63, 3.8) is 0 Å². The number of benzene rings is 2. The van der Waals surface area contributed by atoms with Crippen LogP contribution in [0.25, 0.3) is 0 Å². The highest BCUT2D eigenvalue weighted by Gasteiger charge is 2.12. The Morgan fingerprint density at radius 2 is 1.75 bits per heavy atom. The lowest BCUT2D eigenvalue weighted by Gasteiger charge is -2.11. The molecule has 0 aliphatic rings. The van der Waals surface area contributed by atoms with Crippen LogP contribution in [0.1, 0.15) is 33.0 Å². The monoisotopic (exact) mass is 376 g/mol. The van der Waals surface area contributed by atoms with Crippen LogP contribution in [-0.4, -0.2) is 23.0 Å². The lowest BCUT2D eigenvalue weighted by Crippen LogP contribution is -2.16. The number of rotatable bonds is 6. The van der Waals surface area contributed by atoms with Crippen molar-refractivity contribution in [3.05, 3.63) is 76.7 Å². The number of carbonyl (C=O) groups is 1. The number of anilines is 2. The summed E-state index contributed by atoms with van der Waals surface area (Å²) in [4.78, 5) is 21.3. The summed E-state index contributed by atoms with van der Waals surface area (Å²) in [6.07, 6.45) is 0. The van der Waals surface area contributed by atoms with E-state index in [1.54, 1.807) is 20.1 Å². The fourth-order valence-electron chi connectivity index (χ4n) is 2.77. The van der Waals surface area contributed by atoms with Crippen LogP contribution < -0.4 is 15.4 Å². The van der Waals surface area contributed by atoms with Crippen LogP contribution in [0, 0.1) is 20.8 Å². The van der Waals surface area contributed by atoms with Gasteiger partial charge >= 0.3 is 0 Å². The minimum Gasteiger partial charge on any atom is -0.497 e. The minimum absolute atomic E-state index is 0.258. The summed E-state index contributed by atoms with van der Waals surface area (Å²) < 4.78 is 5.17. The molecule has 1 heterocycles. The van der Waals surface area contributed by atoms with Crippen LogP contribution in [0.5, 0.6) is 5.75 Å². The lowest BCUT2D eigenvalue weighted by atomic mass is 10.1. The number of nitrogens with one attached hydrogen (secondary N) is 2. The number of hydrogen-bond acceptors (Lipinski definition) is 5. The zero-order valence-corrected chi connectivity index (χ0v) is 16.5. The summed E-state index contributed by atoms with van der Waals surface area (Å²) in [6, 6.07) is 15.4. The van der Waals surface area contributed by atoms with Crippen LogP contribution in [-0.2, 0) is 6.54 Å². The molecule has 144 valence electrons. The second-order valence-electron chi connectivity index (χ2n) is 6.66. The number of nitrogens with zero attached hydrogens (tertiary/aromatic N) is 2. The van der Waals surface area contributed by atoms with E-state index in [4.69, 9.17) is 4.74 Å². The molecule has 0 spiro atoms. The molecule has 6 heteroatoms. The Bertz CT molecular complexity index is 984. The number of hydrogen-bond donors (Lipinski definition) is 2. The van der Waals surface area contributed by atoms with E-state index in [9.17, 15) is 4.79 Å². The summed E-state index contributed by atoms with van der Waals surface area (Å²) in [6.45, 7) is 6.30. The summed E-state index contributed by atoms with van der Waals surface area (Å²) in [7, 11) is 1.64. The van der Waals surface area contributed by atoms with E-state index in [1.807, 2.05) is 56.3 Å². The number of aromatic nitrogens is 2. The summed E-state index contributed by atoms with van der Waals surface area (Å²) in [5.74, 6) is 1.69. The van der Waals surface area contributed by atoms with E-state index < -0.39 is 0 Å². The van der Waals surface area contributed by atoms with Gasteiger partial charge in [-0.3, -0.25) is 4.79 Å². The maximum absolute atomic E-state index is 12.7. The number of amides is 1. The van der Waals surface area contributed by atoms with Crippen molar-refractivity contribution in [3.8, 4) is 5.75 Å². The zero-order valence-electron chi connectivity index (χ0n) is 16.5. The van der Waals surface area contributed by atoms with E-state index in [-0.39, 0.29) is 5.91 Å². The molecule has 0 saturated carbocycles. The molecule has 6 nitrogen and oxygen atoms in total. The first kappa shape index (κ1) is 19.4. The molecule has 1 amide bonds. The van der Waals surface area contributed by atoms with Crippen LogP contribution in [0.3, 0.4) is 0 Å². The van der Waals surface area contributed by atoms with E-state index in [0.717, 1.165) is 28.1 Å². The molecule has 3 aromatic rings.